The molecule has 0 radical (unpaired) electrons. The van der Waals surface area contributed by atoms with Crippen LogP contribution in [-0.4, -0.2) is 170 Å². The molecule has 4 aromatic rings. The zero-order chi connectivity index (χ0) is 51.3. The zero-order valence-corrected chi connectivity index (χ0v) is 43.6. The SMILES string of the molecule is C.C.CC[C@H]1CN(c2nc(N)c(C(=O)OC)nc2Cl)CCN1C1CCN(C(=O)c2ccc(Cl)nc2N)CC1.CC[C@H]1CN(c2nc(N)c(C(=O)[O-])nc2Cl)CCN1C1CCN(C(=O)c2ccc(Cl)nc2N)CC1.[Li+]. The maximum Gasteiger partial charge on any atom is 1.00 e. The Morgan fingerprint density at radius 1 is 0.581 bits per heavy atom. The molecule has 0 aromatic carbocycles. The van der Waals surface area contributed by atoms with Crippen molar-refractivity contribution in [1.82, 2.24) is 49.5 Å². The number of rotatable bonds is 10. The van der Waals surface area contributed by atoms with Crippen molar-refractivity contribution >= 4 is 105 Å². The van der Waals surface area contributed by atoms with Gasteiger partial charge in [0.25, 0.3) is 11.8 Å². The number of carboxylic acids is 1. The third-order valence-corrected chi connectivity index (χ3v) is 14.5. The smallest absolute Gasteiger partial charge is 0.543 e. The van der Waals surface area contributed by atoms with Gasteiger partial charge in [-0.3, -0.25) is 19.4 Å². The van der Waals surface area contributed by atoms with Crippen molar-refractivity contribution in [2.45, 2.75) is 91.4 Å². The molecule has 2 amide bonds. The minimum absolute atomic E-state index is 0. The molecule has 0 spiro atoms. The molecule has 22 nitrogen and oxygen atoms in total. The van der Waals surface area contributed by atoms with Gasteiger partial charge in [0.2, 0.25) is 0 Å². The second-order valence-corrected chi connectivity index (χ2v) is 19.1. The second kappa shape index (κ2) is 27.0. The molecule has 8 N–H and O–H groups in total. The number of nitrogen functional groups attached to an aromatic ring is 4. The van der Waals surface area contributed by atoms with Gasteiger partial charge < -0.3 is 57.2 Å². The minimum Gasteiger partial charge on any atom is -0.543 e. The average molecular weight is 1100 g/mol. The predicted octanol–water partition coefficient (Wildman–Crippen LogP) is 1.52. The van der Waals surface area contributed by atoms with Gasteiger partial charge in [-0.05, 0) is 62.8 Å². The number of hydrogen-bond acceptors (Lipinski definition) is 20. The van der Waals surface area contributed by atoms with Crippen LogP contribution in [0.5, 0.6) is 0 Å². The molecule has 8 heterocycles. The number of piperazine rings is 2. The van der Waals surface area contributed by atoms with E-state index in [9.17, 15) is 24.3 Å². The van der Waals surface area contributed by atoms with Crippen LogP contribution in [0.4, 0.5) is 34.9 Å². The van der Waals surface area contributed by atoms with E-state index in [2.05, 4.69) is 58.5 Å². The van der Waals surface area contributed by atoms with E-state index in [-0.39, 0.29) is 107 Å². The van der Waals surface area contributed by atoms with Gasteiger partial charge in [-0.1, -0.05) is 75.1 Å². The van der Waals surface area contributed by atoms with Gasteiger partial charge in [-0.25, -0.2) is 34.7 Å². The number of aromatic carboxylic acids is 1. The standard InChI is InChI=1S/C23H30Cl2N8O3.C22H28Cl2N8O3.2CH4.Li/c1-3-13-12-32(21-18(25)29-17(20(27)30-21)23(35)36-2)10-11-33(13)14-6-8-31(9-7-14)22(34)15-4-5-16(24)28-19(15)26;1-2-12-11-31(20-17(24)28-16(22(34)35)19(26)29-20)9-10-32(12)13-5-7-30(8-6-13)21(33)14-3-4-15(23)27-18(14)25;;;/h4-5,13-14H,3,6-12H2,1-2H3,(H2,26,28)(H2,27,30);3-4,12-13H,2,5-11H2,1H3,(H2,25,27)(H2,26,29)(H,34,35);2*1H4;/q;;;;+1/p-1/t13-;12-;;;/m00.../s1. The number of pyridine rings is 2. The molecule has 0 saturated carbocycles. The molecule has 4 fully saturated rings. The van der Waals surface area contributed by atoms with Crippen LogP contribution >= 0.6 is 46.4 Å². The average Bonchev–Trinajstić information content (AvgIpc) is 3.36. The molecular formula is C47H65Cl4LiN16O6. The van der Waals surface area contributed by atoms with Crippen LogP contribution in [0.15, 0.2) is 24.3 Å². The molecule has 4 aliphatic rings. The van der Waals surface area contributed by atoms with Crippen LogP contribution in [0.3, 0.4) is 0 Å². The number of hydrogen-bond donors (Lipinski definition) is 4. The number of ether oxygens (including phenoxy) is 1. The molecule has 0 aliphatic carbocycles. The number of methoxy groups -OCH3 is 1. The van der Waals surface area contributed by atoms with Crippen molar-refractivity contribution in [3.63, 3.8) is 0 Å². The summed E-state index contributed by atoms with van der Waals surface area (Å²) in [6, 6.07) is 7.58. The van der Waals surface area contributed by atoms with Gasteiger partial charge in [-0.2, -0.15) is 0 Å². The largest absolute Gasteiger partial charge is 1.00 e. The Morgan fingerprint density at radius 3 is 1.31 bits per heavy atom. The monoisotopic (exact) mass is 1100 g/mol. The first-order valence-electron chi connectivity index (χ1n) is 23.3. The number of anilines is 6. The minimum atomic E-state index is -1.51. The van der Waals surface area contributed by atoms with Crippen molar-refractivity contribution in [2.75, 3.05) is 105 Å². The molecule has 74 heavy (non-hydrogen) atoms. The van der Waals surface area contributed by atoms with Crippen LogP contribution in [0.1, 0.15) is 109 Å². The van der Waals surface area contributed by atoms with E-state index in [0.29, 0.717) is 87.2 Å². The van der Waals surface area contributed by atoms with Crippen molar-refractivity contribution < 1.29 is 47.9 Å². The topological polar surface area (TPSA) is 301 Å². The second-order valence-electron chi connectivity index (χ2n) is 17.6. The van der Waals surface area contributed by atoms with Crippen LogP contribution in [0.25, 0.3) is 0 Å². The summed E-state index contributed by atoms with van der Waals surface area (Å²) >= 11 is 24.3. The van der Waals surface area contributed by atoms with Crippen molar-refractivity contribution in [3.05, 3.63) is 67.4 Å². The zero-order valence-electron chi connectivity index (χ0n) is 40.6. The van der Waals surface area contributed by atoms with Crippen LogP contribution < -0.4 is 56.7 Å². The fraction of sp³-hybridized carbons (Fsp3) is 0.532. The van der Waals surface area contributed by atoms with Crippen molar-refractivity contribution in [3.8, 4) is 0 Å². The molecule has 398 valence electrons. The molecule has 4 aromatic heterocycles. The number of nitrogens with zero attached hydrogens (tertiary/aromatic N) is 12. The number of amides is 2. The fourth-order valence-electron chi connectivity index (χ4n) is 9.85. The first kappa shape index (κ1) is 61.4. The third-order valence-electron chi connectivity index (χ3n) is 13.6. The number of nitrogens with two attached hydrogens (primary N) is 4. The number of carbonyl (C=O) groups is 4. The number of carboxylic acid groups (broad SMARTS) is 1. The van der Waals surface area contributed by atoms with Gasteiger partial charge in [0, 0.05) is 89.6 Å². The molecular weight excluding hydrogens is 1030 g/mol. The van der Waals surface area contributed by atoms with E-state index >= 15 is 0 Å². The Hall–Kier alpha value is -5.18. The Kier molecular flexibility index (Phi) is 22.4. The van der Waals surface area contributed by atoms with Crippen LogP contribution in [0, 0.1) is 0 Å². The summed E-state index contributed by atoms with van der Waals surface area (Å²) in [5, 5.41) is 11.8. The maximum absolute atomic E-state index is 13.0. The number of halogens is 4. The fourth-order valence-corrected chi connectivity index (χ4v) is 10.7. The maximum atomic E-state index is 13.0. The Morgan fingerprint density at radius 2 is 0.959 bits per heavy atom. The summed E-state index contributed by atoms with van der Waals surface area (Å²) < 4.78 is 4.69. The number of likely N-dealkylation sites (tertiary alicyclic amines) is 2. The molecule has 8 rings (SSSR count). The van der Waals surface area contributed by atoms with E-state index < -0.39 is 17.6 Å². The first-order chi connectivity index (χ1) is 33.9. The normalized spacial score (nSPS) is 18.7. The molecule has 0 bridgehead atoms. The predicted molar refractivity (Wildman–Crippen MR) is 283 cm³/mol. The van der Waals surface area contributed by atoms with E-state index in [1.807, 2.05) is 14.7 Å². The number of piperidine rings is 2. The van der Waals surface area contributed by atoms with E-state index in [1.165, 1.54) is 7.11 Å². The van der Waals surface area contributed by atoms with Crippen LogP contribution in [0.2, 0.25) is 20.6 Å². The van der Waals surface area contributed by atoms with E-state index in [4.69, 9.17) is 74.1 Å². The molecule has 27 heteroatoms. The number of carbonyl (C=O) groups excluding carboxylic acids is 4. The summed E-state index contributed by atoms with van der Waals surface area (Å²) in [6.45, 7) is 11.1. The number of esters is 1. The molecule has 2 atom stereocenters. The van der Waals surface area contributed by atoms with Gasteiger partial charge in [0.1, 0.15) is 27.6 Å². The molecule has 4 saturated heterocycles. The van der Waals surface area contributed by atoms with Gasteiger partial charge in [0.05, 0.1) is 24.2 Å². The summed E-state index contributed by atoms with van der Waals surface area (Å²) in [7, 11) is 1.25. The Labute approximate surface area is 463 Å². The summed E-state index contributed by atoms with van der Waals surface area (Å²) in [6.07, 6.45) is 5.26. The van der Waals surface area contributed by atoms with Gasteiger partial charge in [-0.15, -0.1) is 0 Å². The van der Waals surface area contributed by atoms with Gasteiger partial charge in [0.15, 0.2) is 39.3 Å². The Balaban J connectivity index is 0.000000308. The summed E-state index contributed by atoms with van der Waals surface area (Å²) in [5.41, 5.74) is 23.7. The molecule has 0 unspecified atom stereocenters. The third kappa shape index (κ3) is 13.8. The van der Waals surface area contributed by atoms with Crippen molar-refractivity contribution in [1.29, 1.82) is 0 Å². The van der Waals surface area contributed by atoms with Gasteiger partial charge >= 0.3 is 24.8 Å². The summed E-state index contributed by atoms with van der Waals surface area (Å²) in [5.74, 6) is -1.53. The summed E-state index contributed by atoms with van der Waals surface area (Å²) in [4.78, 5) is 86.1. The first-order valence-corrected chi connectivity index (χ1v) is 24.8. The molecule has 4 aliphatic heterocycles. The van der Waals surface area contributed by atoms with Crippen LogP contribution in [-0.2, 0) is 4.74 Å². The number of aromatic nitrogens is 6. The van der Waals surface area contributed by atoms with E-state index in [1.54, 1.807) is 24.3 Å². The van der Waals surface area contributed by atoms with Crippen molar-refractivity contribution in [2.24, 2.45) is 0 Å². The Bertz CT molecular complexity index is 2630. The van der Waals surface area contributed by atoms with E-state index in [0.717, 1.165) is 51.6 Å². The quantitative estimate of drug-likeness (QED) is 0.0994.